The molecule has 1 aliphatic rings. The van der Waals surface area contributed by atoms with Crippen LogP contribution in [0.3, 0.4) is 0 Å². The SMILES string of the molecule is O=C(NNC(=O)c1ccc(Cl)c(S(=O)(=O)N2CCCCC2)c1)c1cccc(Cl)c1. The molecule has 1 heterocycles. The van der Waals surface area contributed by atoms with Crippen molar-refractivity contribution in [3.8, 4) is 0 Å². The quantitative estimate of drug-likeness (QED) is 0.691. The summed E-state index contributed by atoms with van der Waals surface area (Å²) in [5.41, 5.74) is 4.85. The number of benzene rings is 2. The number of hydrogen-bond donors (Lipinski definition) is 2. The molecule has 0 radical (unpaired) electrons. The molecule has 1 saturated heterocycles. The Bertz CT molecular complexity index is 1040. The third kappa shape index (κ3) is 5.08. The van der Waals surface area contributed by atoms with Crippen LogP contribution in [0.2, 0.25) is 10.0 Å². The number of amides is 2. The number of nitrogens with zero attached hydrogens (tertiary/aromatic N) is 1. The van der Waals surface area contributed by atoms with Gasteiger partial charge in [0.05, 0.1) is 5.02 Å². The fraction of sp³-hybridized carbons (Fsp3) is 0.263. The van der Waals surface area contributed by atoms with Crippen molar-refractivity contribution < 1.29 is 18.0 Å². The van der Waals surface area contributed by atoms with E-state index in [-0.39, 0.29) is 21.0 Å². The van der Waals surface area contributed by atoms with E-state index < -0.39 is 21.8 Å². The Labute approximate surface area is 179 Å². The first kappa shape index (κ1) is 21.6. The fourth-order valence-electron chi connectivity index (χ4n) is 2.97. The van der Waals surface area contributed by atoms with Gasteiger partial charge in [0.1, 0.15) is 4.90 Å². The first-order chi connectivity index (χ1) is 13.8. The highest BCUT2D eigenvalue weighted by Crippen LogP contribution is 2.27. The summed E-state index contributed by atoms with van der Waals surface area (Å²) in [6, 6.07) is 10.2. The number of carbonyl (C=O) groups excluding carboxylic acids is 2. The Morgan fingerprint density at radius 2 is 1.48 bits per heavy atom. The molecule has 2 N–H and O–H groups in total. The predicted octanol–water partition coefficient (Wildman–Crippen LogP) is 3.24. The number of hydrazine groups is 1. The Balaban J connectivity index is 1.74. The van der Waals surface area contributed by atoms with Gasteiger partial charge in [0.25, 0.3) is 11.8 Å². The van der Waals surface area contributed by atoms with E-state index in [0.717, 1.165) is 19.3 Å². The molecule has 0 aliphatic carbocycles. The molecular weight excluding hydrogens is 437 g/mol. The lowest BCUT2D eigenvalue weighted by Crippen LogP contribution is -2.41. The standard InChI is InChI=1S/C19H19Cl2N3O4S/c20-15-6-4-5-13(11-15)18(25)22-23-19(26)14-7-8-16(21)17(12-14)29(27,28)24-9-2-1-3-10-24/h4-8,11-12H,1-3,9-10H2,(H,22,25)(H,23,26). The Hall–Kier alpha value is -2.13. The van der Waals surface area contributed by atoms with Crippen LogP contribution in [-0.2, 0) is 10.0 Å². The number of hydrogen-bond acceptors (Lipinski definition) is 4. The molecule has 29 heavy (non-hydrogen) atoms. The maximum Gasteiger partial charge on any atom is 0.269 e. The molecular formula is C19H19Cl2N3O4S. The Kier molecular flexibility index (Phi) is 6.79. The van der Waals surface area contributed by atoms with Crippen molar-refractivity contribution in [2.75, 3.05) is 13.1 Å². The monoisotopic (exact) mass is 455 g/mol. The van der Waals surface area contributed by atoms with Crippen molar-refractivity contribution in [3.05, 3.63) is 63.6 Å². The zero-order valence-corrected chi connectivity index (χ0v) is 17.6. The minimum absolute atomic E-state index is 0.0371. The molecule has 7 nitrogen and oxygen atoms in total. The second-order valence-corrected chi connectivity index (χ2v) is 9.28. The normalized spacial score (nSPS) is 15.0. The van der Waals surface area contributed by atoms with Crippen LogP contribution < -0.4 is 10.9 Å². The van der Waals surface area contributed by atoms with Gasteiger partial charge in [-0.2, -0.15) is 4.31 Å². The molecule has 10 heteroatoms. The predicted molar refractivity (Wildman–Crippen MR) is 110 cm³/mol. The molecule has 3 rings (SSSR count). The summed E-state index contributed by atoms with van der Waals surface area (Å²) in [5.74, 6) is -1.23. The highest BCUT2D eigenvalue weighted by atomic mass is 35.5. The minimum atomic E-state index is -3.81. The van der Waals surface area contributed by atoms with E-state index in [1.54, 1.807) is 18.2 Å². The number of halogens is 2. The zero-order chi connectivity index (χ0) is 21.0. The van der Waals surface area contributed by atoms with Crippen LogP contribution in [0.1, 0.15) is 40.0 Å². The third-order valence-electron chi connectivity index (χ3n) is 4.50. The molecule has 0 aromatic heterocycles. The van der Waals surface area contributed by atoms with Crippen LogP contribution in [0.4, 0.5) is 0 Å². The molecule has 0 atom stereocenters. The van der Waals surface area contributed by atoms with Crippen molar-refractivity contribution in [2.24, 2.45) is 0 Å². The third-order valence-corrected chi connectivity index (χ3v) is 7.12. The van der Waals surface area contributed by atoms with Crippen LogP contribution in [-0.4, -0.2) is 37.6 Å². The van der Waals surface area contributed by atoms with E-state index in [1.807, 2.05) is 0 Å². The van der Waals surface area contributed by atoms with Gasteiger partial charge in [0.15, 0.2) is 0 Å². The summed E-state index contributed by atoms with van der Waals surface area (Å²) in [5, 5.41) is 0.421. The van der Waals surface area contributed by atoms with Crippen molar-refractivity contribution in [1.82, 2.24) is 15.2 Å². The first-order valence-corrected chi connectivity index (χ1v) is 11.1. The van der Waals surface area contributed by atoms with Crippen molar-refractivity contribution in [2.45, 2.75) is 24.2 Å². The molecule has 0 bridgehead atoms. The van der Waals surface area contributed by atoms with Gasteiger partial charge in [-0.05, 0) is 49.2 Å². The van der Waals surface area contributed by atoms with Gasteiger partial charge < -0.3 is 0 Å². The molecule has 2 aromatic carbocycles. The number of carbonyl (C=O) groups is 2. The maximum atomic E-state index is 12.9. The maximum absolute atomic E-state index is 12.9. The molecule has 2 aromatic rings. The summed E-state index contributed by atoms with van der Waals surface area (Å²) >= 11 is 12.0. The van der Waals surface area contributed by atoms with Crippen LogP contribution in [0.5, 0.6) is 0 Å². The van der Waals surface area contributed by atoms with Gasteiger partial charge in [-0.25, -0.2) is 8.42 Å². The molecule has 154 valence electrons. The van der Waals surface area contributed by atoms with Crippen molar-refractivity contribution in [1.29, 1.82) is 0 Å². The molecule has 2 amide bonds. The average molecular weight is 456 g/mol. The molecule has 1 aliphatic heterocycles. The summed E-state index contributed by atoms with van der Waals surface area (Å²) in [7, 11) is -3.81. The Morgan fingerprint density at radius 1 is 0.862 bits per heavy atom. The number of sulfonamides is 1. The van der Waals surface area contributed by atoms with Gasteiger partial charge in [-0.3, -0.25) is 20.4 Å². The second kappa shape index (κ2) is 9.13. The number of nitrogens with one attached hydrogen (secondary N) is 2. The van der Waals surface area contributed by atoms with Crippen LogP contribution in [0, 0.1) is 0 Å². The van der Waals surface area contributed by atoms with Gasteiger partial charge in [-0.15, -0.1) is 0 Å². The van der Waals surface area contributed by atoms with Crippen LogP contribution >= 0.6 is 23.2 Å². The largest absolute Gasteiger partial charge is 0.269 e. The number of piperidine rings is 1. The van der Waals surface area contributed by atoms with Gasteiger partial charge in [-0.1, -0.05) is 35.7 Å². The van der Waals surface area contributed by atoms with E-state index in [9.17, 15) is 18.0 Å². The minimum Gasteiger partial charge on any atom is -0.267 e. The topological polar surface area (TPSA) is 95.6 Å². The van der Waals surface area contributed by atoms with Crippen molar-refractivity contribution in [3.63, 3.8) is 0 Å². The summed E-state index contributed by atoms with van der Waals surface area (Å²) in [6.07, 6.45) is 2.55. The lowest BCUT2D eigenvalue weighted by Gasteiger charge is -2.26. The summed E-state index contributed by atoms with van der Waals surface area (Å²) in [4.78, 5) is 24.4. The highest BCUT2D eigenvalue weighted by molar-refractivity contribution is 7.89. The van der Waals surface area contributed by atoms with Gasteiger partial charge in [0.2, 0.25) is 10.0 Å². The van der Waals surface area contributed by atoms with Crippen molar-refractivity contribution >= 4 is 45.0 Å². The number of rotatable bonds is 4. The van der Waals surface area contributed by atoms with E-state index in [2.05, 4.69) is 10.9 Å². The van der Waals surface area contributed by atoms with E-state index in [0.29, 0.717) is 18.1 Å². The van der Waals surface area contributed by atoms with Gasteiger partial charge >= 0.3 is 0 Å². The van der Waals surface area contributed by atoms with E-state index in [1.165, 1.54) is 28.6 Å². The molecule has 0 unspecified atom stereocenters. The van der Waals surface area contributed by atoms with Crippen LogP contribution in [0.15, 0.2) is 47.4 Å². The fourth-order valence-corrected chi connectivity index (χ4v) is 5.18. The smallest absolute Gasteiger partial charge is 0.267 e. The van der Waals surface area contributed by atoms with Crippen LogP contribution in [0.25, 0.3) is 0 Å². The van der Waals surface area contributed by atoms with Gasteiger partial charge in [0, 0.05) is 29.2 Å². The molecule has 0 spiro atoms. The lowest BCUT2D eigenvalue weighted by molar-refractivity contribution is 0.0846. The highest BCUT2D eigenvalue weighted by Gasteiger charge is 2.28. The molecule has 1 fully saturated rings. The zero-order valence-electron chi connectivity index (χ0n) is 15.3. The van der Waals surface area contributed by atoms with E-state index >= 15 is 0 Å². The van der Waals surface area contributed by atoms with E-state index in [4.69, 9.17) is 23.2 Å². The molecule has 0 saturated carbocycles. The summed E-state index contributed by atoms with van der Waals surface area (Å²) in [6.45, 7) is 0.843. The average Bonchev–Trinajstić information content (AvgIpc) is 2.72. The first-order valence-electron chi connectivity index (χ1n) is 8.95. The summed E-state index contributed by atoms with van der Waals surface area (Å²) < 4.78 is 27.2. The second-order valence-electron chi connectivity index (χ2n) is 6.53. The lowest BCUT2D eigenvalue weighted by atomic mass is 10.2. The Morgan fingerprint density at radius 3 is 2.10 bits per heavy atom.